The minimum absolute atomic E-state index is 0.0729. The van der Waals surface area contributed by atoms with Crippen molar-refractivity contribution in [2.45, 2.75) is 39.2 Å². The largest absolute Gasteiger partial charge is 0.354 e. The third-order valence-electron chi connectivity index (χ3n) is 3.64. The van der Waals surface area contributed by atoms with Crippen molar-refractivity contribution in [3.63, 3.8) is 0 Å². The Kier molecular flexibility index (Phi) is 3.47. The Bertz CT molecular complexity index is 626. The van der Waals surface area contributed by atoms with Gasteiger partial charge in [0.15, 0.2) is 0 Å². The van der Waals surface area contributed by atoms with Crippen LogP contribution in [0.4, 0.5) is 0 Å². The van der Waals surface area contributed by atoms with E-state index >= 15 is 0 Å². The van der Waals surface area contributed by atoms with E-state index < -0.39 is 0 Å². The molecule has 1 aliphatic carbocycles. The molecule has 106 valence electrons. The van der Waals surface area contributed by atoms with E-state index in [1.165, 1.54) is 12.8 Å². The van der Waals surface area contributed by atoms with Crippen molar-refractivity contribution in [3.05, 3.63) is 30.1 Å². The van der Waals surface area contributed by atoms with Crippen LogP contribution in [0.3, 0.4) is 0 Å². The maximum absolute atomic E-state index is 12.1. The lowest BCUT2D eigenvalue weighted by atomic mass is 10.2. The maximum Gasteiger partial charge on any atom is 0.240 e. The van der Waals surface area contributed by atoms with Crippen LogP contribution >= 0.6 is 0 Å². The molecule has 0 unspecified atom stereocenters. The number of rotatable bonds is 5. The number of nitrogens with one attached hydrogen (secondary N) is 1. The van der Waals surface area contributed by atoms with Crippen LogP contribution in [0.5, 0.6) is 0 Å². The SMILES string of the molecule is CC(C)CNC(=O)Cn1c(C2CC2)nc2ccccc21. The summed E-state index contributed by atoms with van der Waals surface area (Å²) >= 11 is 0. The zero-order valence-corrected chi connectivity index (χ0v) is 12.1. The van der Waals surface area contributed by atoms with Gasteiger partial charge in [0.1, 0.15) is 12.4 Å². The Morgan fingerprint density at radius 3 is 2.85 bits per heavy atom. The lowest BCUT2D eigenvalue weighted by molar-refractivity contribution is -0.121. The van der Waals surface area contributed by atoms with Crippen molar-refractivity contribution in [1.82, 2.24) is 14.9 Å². The van der Waals surface area contributed by atoms with Gasteiger partial charge in [0.25, 0.3) is 0 Å². The minimum Gasteiger partial charge on any atom is -0.354 e. The van der Waals surface area contributed by atoms with E-state index in [1.54, 1.807) is 0 Å². The first-order chi connectivity index (χ1) is 9.65. The number of amides is 1. The lowest BCUT2D eigenvalue weighted by Crippen LogP contribution is -2.31. The molecule has 1 amide bonds. The molecule has 1 saturated carbocycles. The van der Waals surface area contributed by atoms with E-state index in [0.29, 0.717) is 18.4 Å². The smallest absolute Gasteiger partial charge is 0.240 e. The molecule has 1 aromatic carbocycles. The Balaban J connectivity index is 1.85. The zero-order chi connectivity index (χ0) is 14.1. The van der Waals surface area contributed by atoms with Crippen molar-refractivity contribution in [3.8, 4) is 0 Å². The average molecular weight is 271 g/mol. The number of carbonyl (C=O) groups excluding carboxylic acids is 1. The van der Waals surface area contributed by atoms with Crippen LogP contribution in [0.25, 0.3) is 11.0 Å². The molecule has 0 saturated heterocycles. The van der Waals surface area contributed by atoms with Crippen LogP contribution < -0.4 is 5.32 Å². The highest BCUT2D eigenvalue weighted by Gasteiger charge is 2.30. The van der Waals surface area contributed by atoms with Gasteiger partial charge in [-0.1, -0.05) is 26.0 Å². The van der Waals surface area contributed by atoms with E-state index in [1.807, 2.05) is 24.3 Å². The molecule has 3 rings (SSSR count). The standard InChI is InChI=1S/C16H21N3O/c1-11(2)9-17-15(20)10-19-14-6-4-3-5-13(14)18-16(19)12-7-8-12/h3-6,11-12H,7-10H2,1-2H3,(H,17,20). The van der Waals surface area contributed by atoms with Crippen LogP contribution in [0, 0.1) is 5.92 Å². The molecule has 0 atom stereocenters. The van der Waals surface area contributed by atoms with Crippen LogP contribution in [-0.2, 0) is 11.3 Å². The number of hydrogen-bond donors (Lipinski definition) is 1. The minimum atomic E-state index is 0.0729. The fourth-order valence-electron chi connectivity index (χ4n) is 2.43. The van der Waals surface area contributed by atoms with E-state index in [4.69, 9.17) is 4.98 Å². The third-order valence-corrected chi connectivity index (χ3v) is 3.64. The number of carbonyl (C=O) groups is 1. The molecule has 1 aliphatic rings. The summed E-state index contributed by atoms with van der Waals surface area (Å²) in [6.45, 7) is 5.30. The zero-order valence-electron chi connectivity index (χ0n) is 12.1. The van der Waals surface area contributed by atoms with Gasteiger partial charge in [0, 0.05) is 12.5 Å². The van der Waals surface area contributed by atoms with Crippen molar-refractivity contribution < 1.29 is 4.79 Å². The van der Waals surface area contributed by atoms with Gasteiger partial charge in [-0.15, -0.1) is 0 Å². The Morgan fingerprint density at radius 1 is 1.40 bits per heavy atom. The molecular weight excluding hydrogens is 250 g/mol. The second kappa shape index (κ2) is 5.27. The van der Waals surface area contributed by atoms with E-state index in [2.05, 4.69) is 23.7 Å². The monoisotopic (exact) mass is 271 g/mol. The van der Waals surface area contributed by atoms with Crippen LogP contribution in [-0.4, -0.2) is 22.0 Å². The second-order valence-corrected chi connectivity index (χ2v) is 6.02. The topological polar surface area (TPSA) is 46.9 Å². The van der Waals surface area contributed by atoms with Crippen molar-refractivity contribution >= 4 is 16.9 Å². The first-order valence-corrected chi connectivity index (χ1v) is 7.37. The van der Waals surface area contributed by atoms with Gasteiger partial charge >= 0.3 is 0 Å². The molecule has 4 nitrogen and oxygen atoms in total. The number of nitrogens with zero attached hydrogens (tertiary/aromatic N) is 2. The molecule has 0 bridgehead atoms. The molecule has 1 N–H and O–H groups in total. The van der Waals surface area contributed by atoms with Crippen molar-refractivity contribution in [1.29, 1.82) is 0 Å². The highest BCUT2D eigenvalue weighted by molar-refractivity contribution is 5.81. The molecule has 1 aromatic heterocycles. The molecular formula is C16H21N3O. The fraction of sp³-hybridized carbons (Fsp3) is 0.500. The van der Waals surface area contributed by atoms with Gasteiger partial charge in [0.05, 0.1) is 11.0 Å². The van der Waals surface area contributed by atoms with Crippen LogP contribution in [0.1, 0.15) is 38.4 Å². The van der Waals surface area contributed by atoms with E-state index in [-0.39, 0.29) is 5.91 Å². The van der Waals surface area contributed by atoms with E-state index in [9.17, 15) is 4.79 Å². The first-order valence-electron chi connectivity index (χ1n) is 7.37. The predicted molar refractivity (Wildman–Crippen MR) is 79.6 cm³/mol. The summed E-state index contributed by atoms with van der Waals surface area (Å²) in [7, 11) is 0. The van der Waals surface area contributed by atoms with Crippen molar-refractivity contribution in [2.24, 2.45) is 5.92 Å². The summed E-state index contributed by atoms with van der Waals surface area (Å²) in [5.41, 5.74) is 2.06. The number of para-hydroxylation sites is 2. The molecule has 1 heterocycles. The average Bonchev–Trinajstić information content (AvgIpc) is 3.21. The number of imidazole rings is 1. The third kappa shape index (κ3) is 2.69. The summed E-state index contributed by atoms with van der Waals surface area (Å²) in [6.07, 6.45) is 2.38. The molecule has 20 heavy (non-hydrogen) atoms. The number of hydrogen-bond acceptors (Lipinski definition) is 2. The normalized spacial score (nSPS) is 14.9. The fourth-order valence-corrected chi connectivity index (χ4v) is 2.43. The lowest BCUT2D eigenvalue weighted by Gasteiger charge is -2.11. The Morgan fingerprint density at radius 2 is 2.15 bits per heavy atom. The predicted octanol–water partition coefficient (Wildman–Crippen LogP) is 2.69. The first kappa shape index (κ1) is 13.2. The summed E-state index contributed by atoms with van der Waals surface area (Å²) in [5, 5.41) is 2.98. The second-order valence-electron chi connectivity index (χ2n) is 6.02. The summed E-state index contributed by atoms with van der Waals surface area (Å²) in [6, 6.07) is 8.06. The molecule has 0 radical (unpaired) electrons. The van der Waals surface area contributed by atoms with Gasteiger partial charge in [0.2, 0.25) is 5.91 Å². The Hall–Kier alpha value is -1.84. The highest BCUT2D eigenvalue weighted by atomic mass is 16.1. The maximum atomic E-state index is 12.1. The van der Waals surface area contributed by atoms with Gasteiger partial charge in [-0.05, 0) is 30.9 Å². The number of fused-ring (bicyclic) bond motifs is 1. The quantitative estimate of drug-likeness (QED) is 0.909. The van der Waals surface area contributed by atoms with Gasteiger partial charge in [-0.2, -0.15) is 0 Å². The number of aromatic nitrogens is 2. The van der Waals surface area contributed by atoms with E-state index in [0.717, 1.165) is 23.4 Å². The highest BCUT2D eigenvalue weighted by Crippen LogP contribution is 2.40. The van der Waals surface area contributed by atoms with Crippen LogP contribution in [0.15, 0.2) is 24.3 Å². The van der Waals surface area contributed by atoms with Crippen LogP contribution in [0.2, 0.25) is 0 Å². The summed E-state index contributed by atoms with van der Waals surface area (Å²) < 4.78 is 2.09. The van der Waals surface area contributed by atoms with Gasteiger partial charge in [-0.3, -0.25) is 4.79 Å². The molecule has 2 aromatic rings. The summed E-state index contributed by atoms with van der Waals surface area (Å²) in [5.74, 6) is 2.16. The summed E-state index contributed by atoms with van der Waals surface area (Å²) in [4.78, 5) is 16.8. The van der Waals surface area contributed by atoms with Gasteiger partial charge < -0.3 is 9.88 Å². The molecule has 0 spiro atoms. The molecule has 1 fully saturated rings. The van der Waals surface area contributed by atoms with Crippen molar-refractivity contribution in [2.75, 3.05) is 6.54 Å². The van der Waals surface area contributed by atoms with Gasteiger partial charge in [-0.25, -0.2) is 4.98 Å². The Labute approximate surface area is 119 Å². The molecule has 0 aliphatic heterocycles. The number of benzene rings is 1. The molecule has 4 heteroatoms.